The number of nitrogens with two attached hydrogens (primary N) is 1. The minimum absolute atomic E-state index is 0.0346. The lowest BCUT2D eigenvalue weighted by Crippen LogP contribution is -2.43. The predicted molar refractivity (Wildman–Crippen MR) is 154 cm³/mol. The fourth-order valence-corrected chi connectivity index (χ4v) is 4.54. The van der Waals surface area contributed by atoms with Crippen LogP contribution in [0.25, 0.3) is 11.1 Å². The lowest BCUT2D eigenvalue weighted by atomic mass is 10.0. The molecular formula is C31H38N6O. The Hall–Kier alpha value is -4.15. The van der Waals surface area contributed by atoms with Crippen LogP contribution >= 0.6 is 0 Å². The highest BCUT2D eigenvalue weighted by molar-refractivity contribution is 5.84. The molecule has 1 atom stereocenters. The number of nitriles is 1. The molecule has 7 heteroatoms. The molecule has 1 unspecified atom stereocenters. The molecule has 7 nitrogen and oxygen atoms in total. The number of guanidine groups is 1. The topological polar surface area (TPSA) is 97.8 Å². The molecule has 0 saturated heterocycles. The van der Waals surface area contributed by atoms with E-state index in [1.165, 1.54) is 4.90 Å². The number of nitrogens with zero attached hydrogens (tertiary/aromatic N) is 4. The number of rotatable bonds is 11. The monoisotopic (exact) mass is 510 g/mol. The Morgan fingerprint density at radius 2 is 1.45 bits per heavy atom. The van der Waals surface area contributed by atoms with Crippen LogP contribution in [-0.4, -0.2) is 46.8 Å². The van der Waals surface area contributed by atoms with E-state index in [1.54, 1.807) is 0 Å². The van der Waals surface area contributed by atoms with Crippen molar-refractivity contribution in [3.8, 4) is 17.3 Å². The van der Waals surface area contributed by atoms with E-state index in [1.807, 2.05) is 84.9 Å². The third kappa shape index (κ3) is 7.92. The maximum atomic E-state index is 13.0. The average Bonchev–Trinajstić information content (AvgIpc) is 2.92. The van der Waals surface area contributed by atoms with Crippen molar-refractivity contribution in [3.05, 3.63) is 90.5 Å². The molecule has 1 amide bonds. The van der Waals surface area contributed by atoms with E-state index in [-0.39, 0.29) is 18.3 Å². The van der Waals surface area contributed by atoms with Crippen LogP contribution in [0.1, 0.15) is 45.7 Å². The lowest BCUT2D eigenvalue weighted by molar-refractivity contribution is -0.122. The number of hydrogen-bond donors (Lipinski definition) is 2. The maximum Gasteiger partial charge on any atom is 0.222 e. The number of amides is 1. The van der Waals surface area contributed by atoms with Crippen molar-refractivity contribution in [2.45, 2.75) is 52.2 Å². The van der Waals surface area contributed by atoms with Crippen molar-refractivity contribution in [2.24, 2.45) is 10.7 Å². The number of hydrogen-bond acceptors (Lipinski definition) is 4. The Morgan fingerprint density at radius 3 is 2.00 bits per heavy atom. The second-order valence-corrected chi connectivity index (χ2v) is 9.76. The highest BCUT2D eigenvalue weighted by atomic mass is 16.1. The fourth-order valence-electron chi connectivity index (χ4n) is 4.54. The first kappa shape index (κ1) is 28.4. The Balaban J connectivity index is 1.76. The molecule has 3 rings (SSSR count). The van der Waals surface area contributed by atoms with E-state index in [4.69, 9.17) is 5.73 Å². The molecule has 0 spiro atoms. The lowest BCUT2D eigenvalue weighted by Gasteiger charge is -2.30. The van der Waals surface area contributed by atoms with Crippen LogP contribution in [0.4, 0.5) is 5.69 Å². The Kier molecular flexibility index (Phi) is 10.4. The first-order valence-corrected chi connectivity index (χ1v) is 13.1. The Labute approximate surface area is 226 Å². The standard InChI is InChI=1S/C31H38N6O/c1-23(2)36(24(3)4)20-19-34-30(38)21-29(27-13-9-6-10-14-27)37(22-32)31(33)35-28-17-15-26(16-18-28)25-11-7-5-8-12-25/h5-18,23-24,29H,19-21H2,1-4H3,(H2,33,35)(H,34,38). The number of carbonyl (C=O) groups excluding carboxylic acids is 1. The van der Waals surface area contributed by atoms with E-state index < -0.39 is 6.04 Å². The van der Waals surface area contributed by atoms with E-state index >= 15 is 0 Å². The van der Waals surface area contributed by atoms with Gasteiger partial charge in [0.2, 0.25) is 11.9 Å². The smallest absolute Gasteiger partial charge is 0.222 e. The van der Waals surface area contributed by atoms with Crippen LogP contribution in [0.5, 0.6) is 0 Å². The molecule has 0 radical (unpaired) electrons. The van der Waals surface area contributed by atoms with Crippen molar-refractivity contribution in [3.63, 3.8) is 0 Å². The molecule has 0 bridgehead atoms. The minimum Gasteiger partial charge on any atom is -0.369 e. The molecule has 0 aliphatic carbocycles. The molecule has 0 saturated carbocycles. The van der Waals surface area contributed by atoms with Crippen LogP contribution in [-0.2, 0) is 4.79 Å². The van der Waals surface area contributed by atoms with Crippen molar-refractivity contribution >= 4 is 17.6 Å². The van der Waals surface area contributed by atoms with Gasteiger partial charge in [0.1, 0.15) is 0 Å². The summed E-state index contributed by atoms with van der Waals surface area (Å²) >= 11 is 0. The average molecular weight is 511 g/mol. The van der Waals surface area contributed by atoms with Gasteiger partial charge in [-0.15, -0.1) is 0 Å². The number of carbonyl (C=O) groups is 1. The molecule has 0 aliphatic rings. The second-order valence-electron chi connectivity index (χ2n) is 9.76. The molecule has 198 valence electrons. The summed E-state index contributed by atoms with van der Waals surface area (Å²) in [4.78, 5) is 21.1. The highest BCUT2D eigenvalue weighted by Crippen LogP contribution is 2.26. The summed E-state index contributed by atoms with van der Waals surface area (Å²) in [5.41, 5.74) is 9.95. The Morgan fingerprint density at radius 1 is 0.895 bits per heavy atom. The van der Waals surface area contributed by atoms with Crippen molar-refractivity contribution in [2.75, 3.05) is 13.1 Å². The van der Waals surface area contributed by atoms with E-state index in [0.717, 1.165) is 23.2 Å². The molecule has 0 fully saturated rings. The van der Waals surface area contributed by atoms with Crippen LogP contribution in [0.3, 0.4) is 0 Å². The predicted octanol–water partition coefficient (Wildman–Crippen LogP) is 5.45. The zero-order valence-corrected chi connectivity index (χ0v) is 22.7. The first-order chi connectivity index (χ1) is 18.3. The van der Waals surface area contributed by atoms with Crippen molar-refractivity contribution < 1.29 is 4.79 Å². The van der Waals surface area contributed by atoms with Crippen LogP contribution in [0, 0.1) is 11.5 Å². The quantitative estimate of drug-likeness (QED) is 0.155. The van der Waals surface area contributed by atoms with Gasteiger partial charge in [0, 0.05) is 25.2 Å². The van der Waals surface area contributed by atoms with Gasteiger partial charge in [0.05, 0.1) is 18.2 Å². The summed E-state index contributed by atoms with van der Waals surface area (Å²) in [6, 6.07) is 27.4. The van der Waals surface area contributed by atoms with E-state index in [9.17, 15) is 10.1 Å². The van der Waals surface area contributed by atoms with Gasteiger partial charge in [0.25, 0.3) is 0 Å². The molecule has 0 heterocycles. The number of nitrogens with one attached hydrogen (secondary N) is 1. The van der Waals surface area contributed by atoms with E-state index in [0.29, 0.717) is 24.3 Å². The normalized spacial score (nSPS) is 12.4. The van der Waals surface area contributed by atoms with Gasteiger partial charge in [-0.1, -0.05) is 72.8 Å². The summed E-state index contributed by atoms with van der Waals surface area (Å²) in [7, 11) is 0. The zero-order valence-electron chi connectivity index (χ0n) is 22.7. The second kappa shape index (κ2) is 14.0. The summed E-state index contributed by atoms with van der Waals surface area (Å²) < 4.78 is 0. The maximum absolute atomic E-state index is 13.0. The molecule has 3 aromatic carbocycles. The molecule has 3 N–H and O–H groups in total. The third-order valence-electron chi connectivity index (χ3n) is 6.47. The molecule has 0 aromatic heterocycles. The van der Waals surface area contributed by atoms with Gasteiger partial charge in [-0.2, -0.15) is 5.26 Å². The molecular weight excluding hydrogens is 472 g/mol. The zero-order chi connectivity index (χ0) is 27.5. The van der Waals surface area contributed by atoms with E-state index in [2.05, 4.69) is 49.1 Å². The molecule has 0 aliphatic heterocycles. The summed E-state index contributed by atoms with van der Waals surface area (Å²) in [5.74, 6) is -0.112. The number of aliphatic imine (C=N–C) groups is 1. The fraction of sp³-hybridized carbons (Fsp3) is 0.323. The SMILES string of the molecule is CC(C)N(CCNC(=O)CC(c1ccccc1)N(C#N)C(N)=Nc1ccc(-c2ccccc2)cc1)C(C)C. The van der Waals surface area contributed by atoms with Crippen LogP contribution in [0.2, 0.25) is 0 Å². The van der Waals surface area contributed by atoms with Gasteiger partial charge in [-0.3, -0.25) is 9.69 Å². The van der Waals surface area contributed by atoms with Crippen LogP contribution in [0.15, 0.2) is 89.9 Å². The number of benzene rings is 3. The van der Waals surface area contributed by atoms with Gasteiger partial charge >= 0.3 is 0 Å². The minimum atomic E-state index is -0.583. The summed E-state index contributed by atoms with van der Waals surface area (Å²) in [6.07, 6.45) is 2.23. The molecule has 3 aromatic rings. The Bertz CT molecular complexity index is 1210. The van der Waals surface area contributed by atoms with Gasteiger partial charge in [-0.25, -0.2) is 9.89 Å². The summed E-state index contributed by atoms with van der Waals surface area (Å²) in [5, 5.41) is 13.1. The van der Waals surface area contributed by atoms with Gasteiger partial charge in [0.15, 0.2) is 6.19 Å². The van der Waals surface area contributed by atoms with Crippen molar-refractivity contribution in [1.82, 2.24) is 15.1 Å². The first-order valence-electron chi connectivity index (χ1n) is 13.1. The highest BCUT2D eigenvalue weighted by Gasteiger charge is 2.25. The van der Waals surface area contributed by atoms with Gasteiger partial charge < -0.3 is 11.1 Å². The van der Waals surface area contributed by atoms with Crippen LogP contribution < -0.4 is 11.1 Å². The van der Waals surface area contributed by atoms with Crippen molar-refractivity contribution in [1.29, 1.82) is 5.26 Å². The molecule has 38 heavy (non-hydrogen) atoms. The largest absolute Gasteiger partial charge is 0.369 e. The third-order valence-corrected chi connectivity index (χ3v) is 6.47. The summed E-state index contributed by atoms with van der Waals surface area (Å²) in [6.45, 7) is 9.87. The van der Waals surface area contributed by atoms with Gasteiger partial charge in [-0.05, 0) is 56.5 Å².